The maximum Gasteiger partial charge on any atom is 0.312 e. The SMILES string of the molecule is CC(C)[C@@H](NC(=O)CCOCCOCCOCCOCCNC(=O)CCN1C(=O)C=CC1=O)C(=O)NC(CCCNC(N)=O)C(=O)Nc1ccc(COC(=O)C(C)(C)C)cc1. The molecule has 1 unspecified atom stereocenters. The summed E-state index contributed by atoms with van der Waals surface area (Å²) in [5.41, 5.74) is 5.69. The molecule has 1 heterocycles. The van der Waals surface area contributed by atoms with E-state index >= 15 is 0 Å². The second kappa shape index (κ2) is 28.2. The topological polar surface area (TPSA) is 272 Å². The Morgan fingerprint density at radius 3 is 1.84 bits per heavy atom. The number of amides is 8. The van der Waals surface area contributed by atoms with Crippen LogP contribution in [0.25, 0.3) is 0 Å². The molecular formula is C41H63N7O13. The van der Waals surface area contributed by atoms with Crippen molar-refractivity contribution in [3.8, 4) is 0 Å². The maximum atomic E-state index is 13.4. The number of hydrogen-bond acceptors (Lipinski definition) is 13. The number of benzene rings is 1. The van der Waals surface area contributed by atoms with Crippen LogP contribution in [0.4, 0.5) is 10.5 Å². The van der Waals surface area contributed by atoms with E-state index in [-0.39, 0.29) is 89.7 Å². The van der Waals surface area contributed by atoms with Gasteiger partial charge in [0.2, 0.25) is 23.6 Å². The summed E-state index contributed by atoms with van der Waals surface area (Å²) in [5, 5.41) is 13.4. The number of anilines is 1. The number of nitrogens with two attached hydrogens (primary N) is 1. The van der Waals surface area contributed by atoms with Gasteiger partial charge in [-0.25, -0.2) is 4.79 Å². The molecule has 7 N–H and O–H groups in total. The molecule has 0 aliphatic carbocycles. The average Bonchev–Trinajstić information content (AvgIpc) is 3.53. The predicted molar refractivity (Wildman–Crippen MR) is 221 cm³/mol. The molecular weight excluding hydrogens is 798 g/mol. The smallest absolute Gasteiger partial charge is 0.312 e. The zero-order valence-electron chi connectivity index (χ0n) is 35.8. The fraction of sp³-hybridized carbons (Fsp3) is 0.610. The van der Waals surface area contributed by atoms with Gasteiger partial charge in [-0.3, -0.25) is 38.5 Å². The van der Waals surface area contributed by atoms with Crippen molar-refractivity contribution in [2.45, 2.75) is 79.0 Å². The van der Waals surface area contributed by atoms with E-state index in [0.717, 1.165) is 10.5 Å². The van der Waals surface area contributed by atoms with Crippen molar-refractivity contribution in [3.05, 3.63) is 42.0 Å². The highest BCUT2D eigenvalue weighted by Gasteiger charge is 2.29. The number of nitrogens with one attached hydrogen (secondary N) is 5. The molecule has 61 heavy (non-hydrogen) atoms. The molecule has 2 atom stereocenters. The minimum absolute atomic E-state index is 0.0102. The number of rotatable bonds is 30. The van der Waals surface area contributed by atoms with Crippen LogP contribution in [0.3, 0.4) is 0 Å². The number of carbonyl (C=O) groups excluding carboxylic acids is 8. The van der Waals surface area contributed by atoms with Gasteiger partial charge in [0.25, 0.3) is 11.8 Å². The Balaban J connectivity index is 1.64. The van der Waals surface area contributed by atoms with Crippen LogP contribution in [-0.4, -0.2) is 137 Å². The fourth-order valence-corrected chi connectivity index (χ4v) is 5.25. The monoisotopic (exact) mass is 861 g/mol. The molecule has 2 rings (SSSR count). The Labute approximate surface area is 356 Å². The van der Waals surface area contributed by atoms with Crippen LogP contribution in [0.1, 0.15) is 65.9 Å². The van der Waals surface area contributed by atoms with E-state index in [1.54, 1.807) is 58.9 Å². The Morgan fingerprint density at radius 1 is 0.705 bits per heavy atom. The van der Waals surface area contributed by atoms with Gasteiger partial charge in [-0.15, -0.1) is 0 Å². The Bertz CT molecular complexity index is 1610. The zero-order chi connectivity index (χ0) is 45.2. The standard InChI is InChI=1S/C41H63N7O13/c1-28(2)36(38(54)46-31(7-6-16-44-40(42)56)37(53)45-30-10-8-29(9-11-30)27-61-39(55)41(3,4)5)47-33(50)15-19-57-21-23-59-25-26-60-24-22-58-20-17-43-32(49)14-18-48-34(51)12-13-35(48)52/h8-13,28,31,36H,6-7,14-27H2,1-5H3,(H,43,49)(H,45,53)(H,46,54)(H,47,50)(H3,42,44,56)/t31?,36-/m1/s1. The van der Waals surface area contributed by atoms with Gasteiger partial charge in [0.15, 0.2) is 0 Å². The van der Waals surface area contributed by atoms with Gasteiger partial charge in [-0.1, -0.05) is 26.0 Å². The fourth-order valence-electron chi connectivity index (χ4n) is 5.25. The number of carbonyl (C=O) groups is 8. The molecule has 1 aliphatic heterocycles. The number of ether oxygens (including phenoxy) is 5. The summed E-state index contributed by atoms with van der Waals surface area (Å²) in [6, 6.07) is 4.03. The highest BCUT2D eigenvalue weighted by Crippen LogP contribution is 2.18. The summed E-state index contributed by atoms with van der Waals surface area (Å²) in [6.07, 6.45) is 2.82. The summed E-state index contributed by atoms with van der Waals surface area (Å²) in [6.45, 7) is 11.5. The van der Waals surface area contributed by atoms with Gasteiger partial charge in [-0.05, 0) is 57.2 Å². The van der Waals surface area contributed by atoms with Crippen LogP contribution in [-0.2, 0) is 63.9 Å². The summed E-state index contributed by atoms with van der Waals surface area (Å²) < 4.78 is 27.2. The minimum atomic E-state index is -1.01. The maximum absolute atomic E-state index is 13.4. The quantitative estimate of drug-likeness (QED) is 0.0353. The van der Waals surface area contributed by atoms with Crippen molar-refractivity contribution in [2.75, 3.05) is 77.8 Å². The van der Waals surface area contributed by atoms with E-state index in [9.17, 15) is 38.4 Å². The van der Waals surface area contributed by atoms with Gasteiger partial charge in [0.1, 0.15) is 18.7 Å². The number of imide groups is 1. The third-order valence-corrected chi connectivity index (χ3v) is 8.69. The lowest BCUT2D eigenvalue weighted by atomic mass is 9.97. The molecule has 0 aromatic heterocycles. The first kappa shape index (κ1) is 51.7. The zero-order valence-corrected chi connectivity index (χ0v) is 35.8. The highest BCUT2D eigenvalue weighted by atomic mass is 16.6. The highest BCUT2D eigenvalue weighted by molar-refractivity contribution is 6.13. The molecule has 1 aromatic rings. The molecule has 1 aliphatic rings. The van der Waals surface area contributed by atoms with E-state index < -0.39 is 53.1 Å². The van der Waals surface area contributed by atoms with Gasteiger partial charge in [-0.2, -0.15) is 0 Å². The summed E-state index contributed by atoms with van der Waals surface area (Å²) in [7, 11) is 0. The van der Waals surface area contributed by atoms with Crippen LogP contribution in [0.2, 0.25) is 0 Å². The van der Waals surface area contributed by atoms with Gasteiger partial charge in [0, 0.05) is 50.3 Å². The van der Waals surface area contributed by atoms with Crippen LogP contribution in [0.15, 0.2) is 36.4 Å². The number of primary amides is 1. The van der Waals surface area contributed by atoms with Gasteiger partial charge >= 0.3 is 12.0 Å². The van der Waals surface area contributed by atoms with E-state index in [1.165, 1.54) is 12.2 Å². The van der Waals surface area contributed by atoms with Gasteiger partial charge in [0.05, 0.1) is 58.3 Å². The van der Waals surface area contributed by atoms with E-state index in [1.807, 2.05) is 0 Å². The number of hydrogen-bond donors (Lipinski definition) is 6. The lowest BCUT2D eigenvalue weighted by Gasteiger charge is -2.25. The van der Waals surface area contributed by atoms with Crippen molar-refractivity contribution in [3.63, 3.8) is 0 Å². The molecule has 1 aromatic carbocycles. The largest absolute Gasteiger partial charge is 0.460 e. The molecule has 0 radical (unpaired) electrons. The number of nitrogens with zero attached hydrogens (tertiary/aromatic N) is 1. The molecule has 0 saturated heterocycles. The molecule has 20 nitrogen and oxygen atoms in total. The van der Waals surface area contributed by atoms with Crippen LogP contribution in [0, 0.1) is 11.3 Å². The molecule has 0 fully saturated rings. The van der Waals surface area contributed by atoms with Crippen molar-refractivity contribution >= 4 is 53.1 Å². The van der Waals surface area contributed by atoms with E-state index in [0.29, 0.717) is 38.5 Å². The molecule has 340 valence electrons. The third-order valence-electron chi connectivity index (χ3n) is 8.69. The second-order valence-corrected chi connectivity index (χ2v) is 15.3. The summed E-state index contributed by atoms with van der Waals surface area (Å²) in [4.78, 5) is 98.7. The van der Waals surface area contributed by atoms with Crippen molar-refractivity contribution in [1.29, 1.82) is 0 Å². The lowest BCUT2D eigenvalue weighted by Crippen LogP contribution is -2.54. The van der Waals surface area contributed by atoms with Crippen molar-refractivity contribution < 1.29 is 62.0 Å². The minimum Gasteiger partial charge on any atom is -0.460 e. The van der Waals surface area contributed by atoms with Crippen LogP contribution < -0.4 is 32.3 Å². The molecule has 20 heteroatoms. The molecule has 0 saturated carbocycles. The molecule has 8 amide bonds. The average molecular weight is 862 g/mol. The van der Waals surface area contributed by atoms with E-state index in [4.69, 9.17) is 29.4 Å². The van der Waals surface area contributed by atoms with Crippen LogP contribution >= 0.6 is 0 Å². The Hall–Kier alpha value is -5.44. The van der Waals surface area contributed by atoms with Crippen molar-refractivity contribution in [1.82, 2.24) is 26.2 Å². The van der Waals surface area contributed by atoms with Gasteiger partial charge < -0.3 is 56.0 Å². The summed E-state index contributed by atoms with van der Waals surface area (Å²) >= 11 is 0. The number of urea groups is 1. The summed E-state index contributed by atoms with van der Waals surface area (Å²) in [5.74, 6) is -3.30. The Morgan fingerprint density at radius 2 is 1.28 bits per heavy atom. The molecule has 0 spiro atoms. The lowest BCUT2D eigenvalue weighted by molar-refractivity contribution is -0.154. The van der Waals surface area contributed by atoms with Crippen LogP contribution in [0.5, 0.6) is 0 Å². The first-order chi connectivity index (χ1) is 29.0. The predicted octanol–water partition coefficient (Wildman–Crippen LogP) is 0.676. The first-order valence-corrected chi connectivity index (χ1v) is 20.3. The second-order valence-electron chi connectivity index (χ2n) is 15.3. The first-order valence-electron chi connectivity index (χ1n) is 20.3. The van der Waals surface area contributed by atoms with E-state index in [2.05, 4.69) is 26.6 Å². The molecule has 0 bridgehead atoms. The Kier molecular flexibility index (Phi) is 23.9. The third kappa shape index (κ3) is 22.1. The normalized spacial score (nSPS) is 13.4. The van der Waals surface area contributed by atoms with Crippen molar-refractivity contribution in [2.24, 2.45) is 17.1 Å². The number of esters is 1.